The second-order valence-corrected chi connectivity index (χ2v) is 11.5. The predicted octanol–water partition coefficient (Wildman–Crippen LogP) is 5.57. The van der Waals surface area contributed by atoms with E-state index in [-0.39, 0.29) is 12.3 Å². The average molecular weight is 629 g/mol. The first-order valence-electron chi connectivity index (χ1n) is 10.8. The fourth-order valence-electron chi connectivity index (χ4n) is 3.20. The molecule has 3 aromatic rings. The van der Waals surface area contributed by atoms with E-state index in [0.29, 0.717) is 31.6 Å². The predicted molar refractivity (Wildman–Crippen MR) is 151 cm³/mol. The van der Waals surface area contributed by atoms with Gasteiger partial charge in [0.2, 0.25) is 10.0 Å². The molecular formula is C25H24BrCl2N3O5S. The Balaban J connectivity index is 1.69. The molecule has 1 amide bonds. The topological polar surface area (TPSA) is 97.3 Å². The SMILES string of the molecule is COc1cc(/C=N\NC(=O)CN(c2ccc(C)c(Cl)c2)S(C)(=O)=O)cc(Br)c1OCc1ccccc1Cl. The maximum atomic E-state index is 12.5. The number of carbonyl (C=O) groups excluding carboxylic acids is 1. The number of nitrogens with one attached hydrogen (secondary N) is 1. The van der Waals surface area contributed by atoms with Crippen LogP contribution in [-0.4, -0.2) is 40.4 Å². The van der Waals surface area contributed by atoms with E-state index in [1.54, 1.807) is 37.3 Å². The lowest BCUT2D eigenvalue weighted by molar-refractivity contribution is -0.119. The molecule has 0 bridgehead atoms. The summed E-state index contributed by atoms with van der Waals surface area (Å²) in [4.78, 5) is 12.5. The average Bonchev–Trinajstić information content (AvgIpc) is 2.83. The van der Waals surface area contributed by atoms with Crippen LogP contribution < -0.4 is 19.2 Å². The number of rotatable bonds is 10. The van der Waals surface area contributed by atoms with Crippen molar-refractivity contribution in [2.45, 2.75) is 13.5 Å². The maximum Gasteiger partial charge on any atom is 0.260 e. The molecule has 37 heavy (non-hydrogen) atoms. The molecule has 0 unspecified atom stereocenters. The number of hydrogen-bond acceptors (Lipinski definition) is 6. The third kappa shape index (κ3) is 7.85. The van der Waals surface area contributed by atoms with Gasteiger partial charge in [-0.25, -0.2) is 13.8 Å². The zero-order valence-corrected chi connectivity index (χ0v) is 24.1. The van der Waals surface area contributed by atoms with Gasteiger partial charge in [0.1, 0.15) is 13.2 Å². The Hall–Kier alpha value is -2.79. The van der Waals surface area contributed by atoms with Gasteiger partial charge in [-0.1, -0.05) is 47.5 Å². The van der Waals surface area contributed by atoms with Crippen molar-refractivity contribution >= 4 is 67.0 Å². The Bertz CT molecular complexity index is 1430. The summed E-state index contributed by atoms with van der Waals surface area (Å²) >= 11 is 15.8. The van der Waals surface area contributed by atoms with Gasteiger partial charge >= 0.3 is 0 Å². The third-order valence-electron chi connectivity index (χ3n) is 5.12. The van der Waals surface area contributed by atoms with Gasteiger partial charge in [0.15, 0.2) is 11.5 Å². The molecule has 0 aliphatic heterocycles. The molecule has 0 spiro atoms. The quantitative estimate of drug-likeness (QED) is 0.234. The van der Waals surface area contributed by atoms with E-state index in [2.05, 4.69) is 26.5 Å². The number of hydrazone groups is 1. The van der Waals surface area contributed by atoms with Crippen LogP contribution in [0.1, 0.15) is 16.7 Å². The number of ether oxygens (including phenoxy) is 2. The molecule has 0 aliphatic carbocycles. The van der Waals surface area contributed by atoms with Gasteiger partial charge in [-0.05, 0) is 64.3 Å². The molecule has 3 aromatic carbocycles. The van der Waals surface area contributed by atoms with Crippen LogP contribution in [0.15, 0.2) is 64.2 Å². The molecular weight excluding hydrogens is 605 g/mol. The zero-order valence-electron chi connectivity index (χ0n) is 20.2. The van der Waals surface area contributed by atoms with Gasteiger partial charge < -0.3 is 9.47 Å². The molecule has 3 rings (SSSR count). The van der Waals surface area contributed by atoms with E-state index < -0.39 is 22.5 Å². The zero-order chi connectivity index (χ0) is 27.2. The van der Waals surface area contributed by atoms with Gasteiger partial charge in [0.25, 0.3) is 5.91 Å². The van der Waals surface area contributed by atoms with Gasteiger partial charge in [0.05, 0.1) is 29.7 Å². The van der Waals surface area contributed by atoms with E-state index >= 15 is 0 Å². The molecule has 1 N–H and O–H groups in total. The third-order valence-corrected chi connectivity index (χ3v) is 7.62. The van der Waals surface area contributed by atoms with Crippen LogP contribution in [-0.2, 0) is 21.4 Å². The minimum Gasteiger partial charge on any atom is -0.493 e. The summed E-state index contributed by atoms with van der Waals surface area (Å²) in [5.74, 6) is 0.280. The summed E-state index contributed by atoms with van der Waals surface area (Å²) in [6.07, 6.45) is 2.41. The number of sulfonamides is 1. The van der Waals surface area contributed by atoms with Crippen molar-refractivity contribution in [2.24, 2.45) is 5.10 Å². The van der Waals surface area contributed by atoms with Crippen molar-refractivity contribution in [3.63, 3.8) is 0 Å². The van der Waals surface area contributed by atoms with Crippen molar-refractivity contribution < 1.29 is 22.7 Å². The Kier molecular flexibility index (Phi) is 9.83. The Morgan fingerprint density at radius 3 is 2.51 bits per heavy atom. The first-order chi connectivity index (χ1) is 17.5. The number of anilines is 1. The number of amides is 1. The lowest BCUT2D eigenvalue weighted by Crippen LogP contribution is -2.39. The molecule has 0 fully saturated rings. The molecule has 0 heterocycles. The summed E-state index contributed by atoms with van der Waals surface area (Å²) < 4.78 is 37.5. The molecule has 0 atom stereocenters. The minimum atomic E-state index is -3.75. The van der Waals surface area contributed by atoms with Crippen LogP contribution in [0.25, 0.3) is 0 Å². The highest BCUT2D eigenvalue weighted by atomic mass is 79.9. The molecule has 196 valence electrons. The number of nitrogens with zero attached hydrogens (tertiary/aromatic N) is 2. The molecule has 8 nitrogen and oxygen atoms in total. The van der Waals surface area contributed by atoms with Crippen LogP contribution in [0, 0.1) is 6.92 Å². The van der Waals surface area contributed by atoms with E-state index in [4.69, 9.17) is 32.7 Å². The Morgan fingerprint density at radius 1 is 1.14 bits per heavy atom. The van der Waals surface area contributed by atoms with Gasteiger partial charge in [-0.2, -0.15) is 5.10 Å². The fourth-order valence-corrected chi connectivity index (χ4v) is 4.99. The van der Waals surface area contributed by atoms with Crippen LogP contribution in [0.5, 0.6) is 11.5 Å². The van der Waals surface area contributed by atoms with E-state index in [0.717, 1.165) is 21.7 Å². The van der Waals surface area contributed by atoms with Gasteiger partial charge in [0, 0.05) is 15.6 Å². The highest BCUT2D eigenvalue weighted by molar-refractivity contribution is 9.10. The van der Waals surface area contributed by atoms with Crippen LogP contribution >= 0.6 is 39.1 Å². The monoisotopic (exact) mass is 627 g/mol. The minimum absolute atomic E-state index is 0.237. The van der Waals surface area contributed by atoms with Crippen molar-refractivity contribution in [1.82, 2.24) is 5.43 Å². The standard InChI is InChI=1S/C25H24BrCl2N3O5S/c1-16-8-9-19(12-22(16)28)31(37(3,33)34)14-24(32)30-29-13-17-10-20(26)25(23(11-17)35-2)36-15-18-6-4-5-7-21(18)27/h4-13H,14-15H2,1-3H3,(H,30,32)/b29-13-. The summed E-state index contributed by atoms with van der Waals surface area (Å²) in [6, 6.07) is 15.5. The smallest absolute Gasteiger partial charge is 0.260 e. The number of hydrogen-bond donors (Lipinski definition) is 1. The number of aryl methyl sites for hydroxylation is 1. The van der Waals surface area contributed by atoms with E-state index in [9.17, 15) is 13.2 Å². The highest BCUT2D eigenvalue weighted by Crippen LogP contribution is 2.37. The van der Waals surface area contributed by atoms with Crippen molar-refractivity contribution in [3.05, 3.63) is 85.8 Å². The van der Waals surface area contributed by atoms with E-state index in [1.807, 2.05) is 18.2 Å². The Morgan fingerprint density at radius 2 is 1.86 bits per heavy atom. The first-order valence-corrected chi connectivity index (χ1v) is 14.2. The number of carbonyl (C=O) groups is 1. The first kappa shape index (κ1) is 28.8. The van der Waals surface area contributed by atoms with Gasteiger partial charge in [-0.15, -0.1) is 0 Å². The largest absolute Gasteiger partial charge is 0.493 e. The Labute approximate surface area is 234 Å². The second kappa shape index (κ2) is 12.6. The van der Waals surface area contributed by atoms with Crippen LogP contribution in [0.3, 0.4) is 0 Å². The molecule has 0 saturated heterocycles. The molecule has 0 saturated carbocycles. The molecule has 12 heteroatoms. The second-order valence-electron chi connectivity index (χ2n) is 7.91. The maximum absolute atomic E-state index is 12.5. The van der Waals surface area contributed by atoms with Crippen molar-refractivity contribution in [1.29, 1.82) is 0 Å². The fraction of sp³-hybridized carbons (Fsp3) is 0.200. The number of halogens is 3. The number of methoxy groups -OCH3 is 1. The lowest BCUT2D eigenvalue weighted by atomic mass is 10.2. The lowest BCUT2D eigenvalue weighted by Gasteiger charge is -2.21. The molecule has 0 aromatic heterocycles. The summed E-state index contributed by atoms with van der Waals surface area (Å²) in [6.45, 7) is 1.56. The highest BCUT2D eigenvalue weighted by Gasteiger charge is 2.21. The molecule has 0 aliphatic rings. The summed E-state index contributed by atoms with van der Waals surface area (Å²) in [7, 11) is -2.25. The van der Waals surface area contributed by atoms with Gasteiger partial charge in [-0.3, -0.25) is 9.10 Å². The van der Waals surface area contributed by atoms with E-state index in [1.165, 1.54) is 19.4 Å². The summed E-state index contributed by atoms with van der Waals surface area (Å²) in [5, 5.41) is 4.93. The van der Waals surface area contributed by atoms with Crippen LogP contribution in [0.2, 0.25) is 10.0 Å². The van der Waals surface area contributed by atoms with Crippen LogP contribution in [0.4, 0.5) is 5.69 Å². The van der Waals surface area contributed by atoms with Crippen molar-refractivity contribution in [3.8, 4) is 11.5 Å². The number of benzene rings is 3. The normalized spacial score (nSPS) is 11.4. The van der Waals surface area contributed by atoms with Crippen molar-refractivity contribution in [2.75, 3.05) is 24.2 Å². The summed E-state index contributed by atoms with van der Waals surface area (Å²) in [5.41, 5.74) is 4.82. The molecule has 0 radical (unpaired) electrons.